The summed E-state index contributed by atoms with van der Waals surface area (Å²) < 4.78 is 10.3. The van der Waals surface area contributed by atoms with Crippen LogP contribution in [0.25, 0.3) is 11.0 Å². The van der Waals surface area contributed by atoms with Crippen LogP contribution in [0.15, 0.2) is 57.7 Å². The Labute approximate surface area is 131 Å². The minimum absolute atomic E-state index is 0.0487. The van der Waals surface area contributed by atoms with E-state index in [1.54, 1.807) is 18.2 Å². The number of ketones is 1. The van der Waals surface area contributed by atoms with Crippen LogP contribution in [-0.2, 0) is 0 Å². The Kier molecular flexibility index (Phi) is 3.65. The fraction of sp³-hybridized carbons (Fsp3) is 0.0556. The number of methoxy groups -OCH3 is 1. The van der Waals surface area contributed by atoms with Gasteiger partial charge < -0.3 is 9.15 Å². The van der Waals surface area contributed by atoms with Crippen LogP contribution >= 0.6 is 0 Å². The summed E-state index contributed by atoms with van der Waals surface area (Å²) in [6.45, 7) is 0. The Hall–Kier alpha value is -3.39. The lowest BCUT2D eigenvalue weighted by Crippen LogP contribution is -2.14. The predicted molar refractivity (Wildman–Crippen MR) is 83.6 cm³/mol. The van der Waals surface area contributed by atoms with Crippen LogP contribution in [0, 0.1) is 11.3 Å². The van der Waals surface area contributed by atoms with Gasteiger partial charge in [0.25, 0.3) is 0 Å². The molecule has 23 heavy (non-hydrogen) atoms. The first-order valence-electron chi connectivity index (χ1n) is 6.79. The van der Waals surface area contributed by atoms with Gasteiger partial charge in [-0.05, 0) is 42.5 Å². The Bertz CT molecular complexity index is 994. The second kappa shape index (κ2) is 5.78. The largest absolute Gasteiger partial charge is 0.497 e. The quantitative estimate of drug-likeness (QED) is 0.549. The van der Waals surface area contributed by atoms with Crippen molar-refractivity contribution >= 4 is 16.8 Å². The molecule has 0 aliphatic rings. The first-order chi connectivity index (χ1) is 11.1. The molecule has 0 unspecified atom stereocenters. The minimum Gasteiger partial charge on any atom is -0.497 e. The molecule has 5 nitrogen and oxygen atoms in total. The molecule has 5 heteroatoms. The maximum Gasteiger partial charge on any atom is 0.347 e. The summed E-state index contributed by atoms with van der Waals surface area (Å²) in [4.78, 5) is 24.6. The van der Waals surface area contributed by atoms with E-state index >= 15 is 0 Å². The van der Waals surface area contributed by atoms with E-state index in [0.29, 0.717) is 27.8 Å². The molecule has 0 aliphatic carbocycles. The van der Waals surface area contributed by atoms with Crippen molar-refractivity contribution < 1.29 is 13.9 Å². The second-order valence-corrected chi connectivity index (χ2v) is 4.87. The zero-order valence-corrected chi connectivity index (χ0v) is 12.2. The van der Waals surface area contributed by atoms with Gasteiger partial charge in [0.15, 0.2) is 5.78 Å². The van der Waals surface area contributed by atoms with Gasteiger partial charge in [-0.1, -0.05) is 0 Å². The molecule has 3 rings (SSSR count). The van der Waals surface area contributed by atoms with Crippen molar-refractivity contribution in [2.75, 3.05) is 7.11 Å². The molecule has 1 heterocycles. The number of benzene rings is 2. The van der Waals surface area contributed by atoms with Crippen molar-refractivity contribution in [3.63, 3.8) is 0 Å². The Morgan fingerprint density at radius 2 is 1.87 bits per heavy atom. The van der Waals surface area contributed by atoms with Crippen molar-refractivity contribution in [1.29, 1.82) is 5.26 Å². The molecule has 1 aromatic heterocycles. The van der Waals surface area contributed by atoms with E-state index in [1.807, 2.05) is 6.07 Å². The van der Waals surface area contributed by atoms with Crippen LogP contribution in [0.5, 0.6) is 5.75 Å². The molecule has 2 aromatic carbocycles. The smallest absolute Gasteiger partial charge is 0.347 e. The Balaban J connectivity index is 2.08. The van der Waals surface area contributed by atoms with Crippen LogP contribution in [-0.4, -0.2) is 12.9 Å². The summed E-state index contributed by atoms with van der Waals surface area (Å²) >= 11 is 0. The highest BCUT2D eigenvalue weighted by molar-refractivity contribution is 6.09. The van der Waals surface area contributed by atoms with Gasteiger partial charge in [0.1, 0.15) is 16.9 Å². The summed E-state index contributed by atoms with van der Waals surface area (Å²) in [5, 5.41) is 9.41. The molecule has 3 aromatic rings. The van der Waals surface area contributed by atoms with Gasteiger partial charge in [-0.3, -0.25) is 4.79 Å². The second-order valence-electron chi connectivity index (χ2n) is 4.87. The van der Waals surface area contributed by atoms with Gasteiger partial charge in [-0.25, -0.2) is 4.79 Å². The normalized spacial score (nSPS) is 10.3. The number of carbonyl (C=O) groups excluding carboxylic acids is 1. The summed E-state index contributed by atoms with van der Waals surface area (Å²) in [6, 6.07) is 14.6. The molecule has 0 amide bonds. The zero-order valence-electron chi connectivity index (χ0n) is 12.2. The maximum atomic E-state index is 12.5. The molecule has 0 N–H and O–H groups in total. The van der Waals surface area contributed by atoms with E-state index in [1.165, 1.54) is 37.4 Å². The fourth-order valence-corrected chi connectivity index (χ4v) is 2.23. The van der Waals surface area contributed by atoms with Crippen LogP contribution < -0.4 is 10.4 Å². The third-order valence-corrected chi connectivity index (χ3v) is 3.46. The highest BCUT2D eigenvalue weighted by Crippen LogP contribution is 2.21. The van der Waals surface area contributed by atoms with Crippen molar-refractivity contribution in [1.82, 2.24) is 0 Å². The van der Waals surface area contributed by atoms with Gasteiger partial charge in [-0.15, -0.1) is 0 Å². The van der Waals surface area contributed by atoms with Crippen molar-refractivity contribution in [2.24, 2.45) is 0 Å². The lowest BCUT2D eigenvalue weighted by molar-refractivity contribution is 0.103. The third kappa shape index (κ3) is 2.70. The van der Waals surface area contributed by atoms with Crippen molar-refractivity contribution in [3.8, 4) is 11.8 Å². The molecule has 0 saturated carbocycles. The van der Waals surface area contributed by atoms with Gasteiger partial charge >= 0.3 is 5.63 Å². The van der Waals surface area contributed by atoms with Crippen molar-refractivity contribution in [2.45, 2.75) is 0 Å². The minimum atomic E-state index is -0.708. The molecule has 0 aliphatic heterocycles. The van der Waals surface area contributed by atoms with Gasteiger partial charge in [0, 0.05) is 17.0 Å². The van der Waals surface area contributed by atoms with E-state index in [0.717, 1.165) is 0 Å². The van der Waals surface area contributed by atoms with E-state index in [-0.39, 0.29) is 5.56 Å². The predicted octanol–water partition coefficient (Wildman–Crippen LogP) is 2.90. The maximum absolute atomic E-state index is 12.5. The van der Waals surface area contributed by atoms with Crippen molar-refractivity contribution in [3.05, 3.63) is 75.6 Å². The SMILES string of the molecule is COc1ccc2cc(C(=O)c3ccc(C#N)cc3)c(=O)oc2c1. The first-order valence-corrected chi connectivity index (χ1v) is 6.79. The number of carbonyl (C=O) groups is 1. The average Bonchev–Trinajstić information content (AvgIpc) is 2.60. The van der Waals surface area contributed by atoms with Crippen LogP contribution in [0.2, 0.25) is 0 Å². The first kappa shape index (κ1) is 14.5. The number of hydrogen-bond acceptors (Lipinski definition) is 5. The number of nitrogens with zero attached hydrogens (tertiary/aromatic N) is 1. The Morgan fingerprint density at radius 1 is 1.13 bits per heavy atom. The fourth-order valence-electron chi connectivity index (χ4n) is 2.23. The lowest BCUT2D eigenvalue weighted by atomic mass is 10.0. The number of nitriles is 1. The van der Waals surface area contributed by atoms with Crippen LogP contribution in [0.3, 0.4) is 0 Å². The number of fused-ring (bicyclic) bond motifs is 1. The Morgan fingerprint density at radius 3 is 2.52 bits per heavy atom. The van der Waals surface area contributed by atoms with E-state index in [2.05, 4.69) is 0 Å². The lowest BCUT2D eigenvalue weighted by Gasteiger charge is -2.04. The molecule has 0 fully saturated rings. The number of ether oxygens (including phenoxy) is 1. The van der Waals surface area contributed by atoms with Gasteiger partial charge in [0.05, 0.1) is 18.7 Å². The number of hydrogen-bond donors (Lipinski definition) is 0. The highest BCUT2D eigenvalue weighted by atomic mass is 16.5. The molecule has 0 atom stereocenters. The van der Waals surface area contributed by atoms with Crippen LogP contribution in [0.1, 0.15) is 21.5 Å². The summed E-state index contributed by atoms with van der Waals surface area (Å²) in [5.74, 6) is 0.118. The molecule has 112 valence electrons. The summed E-state index contributed by atoms with van der Waals surface area (Å²) in [5.41, 5.74) is 0.363. The molecule has 0 radical (unpaired) electrons. The monoisotopic (exact) mass is 305 g/mol. The molecular weight excluding hydrogens is 294 g/mol. The molecule has 0 spiro atoms. The summed E-state index contributed by atoms with van der Waals surface area (Å²) in [7, 11) is 1.52. The molecule has 0 bridgehead atoms. The summed E-state index contributed by atoms with van der Waals surface area (Å²) in [6.07, 6.45) is 0. The van der Waals surface area contributed by atoms with Crippen LogP contribution in [0.4, 0.5) is 0 Å². The number of rotatable bonds is 3. The van der Waals surface area contributed by atoms with Gasteiger partial charge in [0.2, 0.25) is 0 Å². The average molecular weight is 305 g/mol. The standard InChI is InChI=1S/C18H11NO4/c1-22-14-7-6-13-8-15(18(21)23-16(13)9-14)17(20)12-4-2-11(10-19)3-5-12/h2-9H,1H3. The molecular formula is C18H11NO4. The van der Waals surface area contributed by atoms with E-state index < -0.39 is 11.4 Å². The van der Waals surface area contributed by atoms with Gasteiger partial charge in [-0.2, -0.15) is 5.26 Å². The topological polar surface area (TPSA) is 80.3 Å². The van der Waals surface area contributed by atoms with E-state index in [4.69, 9.17) is 14.4 Å². The molecule has 0 saturated heterocycles. The van der Waals surface area contributed by atoms with E-state index in [9.17, 15) is 9.59 Å². The zero-order chi connectivity index (χ0) is 16.4. The third-order valence-electron chi connectivity index (χ3n) is 3.46. The highest BCUT2D eigenvalue weighted by Gasteiger charge is 2.16.